The van der Waals surface area contributed by atoms with E-state index in [1.54, 1.807) is 12.1 Å². The van der Waals surface area contributed by atoms with Crippen LogP contribution < -0.4 is 0 Å². The van der Waals surface area contributed by atoms with Crippen LogP contribution in [0, 0.1) is 0 Å². The smallest absolute Gasteiger partial charge is 0.115 e. The van der Waals surface area contributed by atoms with E-state index in [4.69, 9.17) is 4.74 Å². The third-order valence-corrected chi connectivity index (χ3v) is 2.96. The van der Waals surface area contributed by atoms with E-state index in [1.807, 2.05) is 12.1 Å². The number of morpholine rings is 1. The molecule has 1 heterocycles. The second-order valence-corrected chi connectivity index (χ2v) is 4.25. The van der Waals surface area contributed by atoms with Gasteiger partial charge in [-0.25, -0.2) is 0 Å². The standard InChI is InChI=1S/C13H19NO2/c1-2-7-14-8-9-16-13(10-14)11-3-5-12(15)6-4-11/h3-6,13,15H,2,7-10H2,1H3/t13-/m1/s1. The SMILES string of the molecule is CCCN1CCO[C@@H](c2ccc(O)cc2)C1. The van der Waals surface area contributed by atoms with Crippen molar-refractivity contribution in [3.8, 4) is 5.75 Å². The maximum absolute atomic E-state index is 9.24. The molecule has 0 saturated carbocycles. The molecule has 0 aliphatic carbocycles. The molecule has 1 aliphatic heterocycles. The van der Waals surface area contributed by atoms with Crippen LogP contribution >= 0.6 is 0 Å². The molecular formula is C13H19NO2. The van der Waals surface area contributed by atoms with Gasteiger partial charge in [0.1, 0.15) is 5.75 Å². The molecule has 3 nitrogen and oxygen atoms in total. The lowest BCUT2D eigenvalue weighted by atomic mass is 10.1. The van der Waals surface area contributed by atoms with Crippen molar-refractivity contribution in [2.24, 2.45) is 0 Å². The van der Waals surface area contributed by atoms with E-state index >= 15 is 0 Å². The lowest BCUT2D eigenvalue weighted by molar-refractivity contribution is -0.0298. The molecule has 0 radical (unpaired) electrons. The minimum Gasteiger partial charge on any atom is -0.508 e. The number of rotatable bonds is 3. The van der Waals surface area contributed by atoms with Gasteiger partial charge in [-0.2, -0.15) is 0 Å². The van der Waals surface area contributed by atoms with Gasteiger partial charge in [-0.3, -0.25) is 4.90 Å². The average molecular weight is 221 g/mol. The van der Waals surface area contributed by atoms with E-state index in [2.05, 4.69) is 11.8 Å². The summed E-state index contributed by atoms with van der Waals surface area (Å²) in [5.74, 6) is 0.310. The zero-order valence-electron chi connectivity index (χ0n) is 9.72. The van der Waals surface area contributed by atoms with Crippen molar-refractivity contribution in [2.75, 3.05) is 26.2 Å². The minimum absolute atomic E-state index is 0.154. The predicted molar refractivity (Wildman–Crippen MR) is 63.5 cm³/mol. The first-order valence-electron chi connectivity index (χ1n) is 5.92. The van der Waals surface area contributed by atoms with Crippen LogP contribution in [0.2, 0.25) is 0 Å². The van der Waals surface area contributed by atoms with Gasteiger partial charge in [0.05, 0.1) is 12.7 Å². The quantitative estimate of drug-likeness (QED) is 0.849. The van der Waals surface area contributed by atoms with Gasteiger partial charge in [0.25, 0.3) is 0 Å². The summed E-state index contributed by atoms with van der Waals surface area (Å²) in [7, 11) is 0. The van der Waals surface area contributed by atoms with Crippen LogP contribution in [0.4, 0.5) is 0 Å². The lowest BCUT2D eigenvalue weighted by Crippen LogP contribution is -2.38. The minimum atomic E-state index is 0.154. The molecule has 1 saturated heterocycles. The molecule has 88 valence electrons. The molecule has 1 fully saturated rings. The van der Waals surface area contributed by atoms with E-state index in [1.165, 1.54) is 6.42 Å². The molecule has 1 aromatic carbocycles. The van der Waals surface area contributed by atoms with Gasteiger partial charge in [-0.05, 0) is 30.7 Å². The largest absolute Gasteiger partial charge is 0.508 e. The van der Waals surface area contributed by atoms with Crippen LogP contribution in [-0.4, -0.2) is 36.2 Å². The summed E-state index contributed by atoms with van der Waals surface area (Å²) in [6.07, 6.45) is 1.34. The topological polar surface area (TPSA) is 32.7 Å². The highest BCUT2D eigenvalue weighted by molar-refractivity contribution is 5.27. The van der Waals surface area contributed by atoms with Crippen molar-refractivity contribution in [1.29, 1.82) is 0 Å². The zero-order valence-corrected chi connectivity index (χ0v) is 9.72. The van der Waals surface area contributed by atoms with Gasteiger partial charge >= 0.3 is 0 Å². The molecule has 1 aromatic rings. The predicted octanol–water partition coefficient (Wildman–Crippen LogP) is 2.18. The maximum Gasteiger partial charge on any atom is 0.115 e. The number of hydrogen-bond donors (Lipinski definition) is 1. The Morgan fingerprint density at radius 3 is 2.81 bits per heavy atom. The Morgan fingerprint density at radius 2 is 2.12 bits per heavy atom. The second kappa shape index (κ2) is 5.32. The van der Waals surface area contributed by atoms with Crippen molar-refractivity contribution in [2.45, 2.75) is 19.4 Å². The van der Waals surface area contributed by atoms with Crippen LogP contribution in [0.5, 0.6) is 5.75 Å². The Balaban J connectivity index is 2.01. The molecule has 1 atom stereocenters. The zero-order chi connectivity index (χ0) is 11.4. The van der Waals surface area contributed by atoms with E-state index in [9.17, 15) is 5.11 Å². The molecule has 0 aromatic heterocycles. The van der Waals surface area contributed by atoms with Crippen LogP contribution in [0.1, 0.15) is 25.0 Å². The molecular weight excluding hydrogens is 202 g/mol. The summed E-state index contributed by atoms with van der Waals surface area (Å²) in [4.78, 5) is 2.43. The highest BCUT2D eigenvalue weighted by Crippen LogP contribution is 2.23. The maximum atomic E-state index is 9.24. The first-order chi connectivity index (χ1) is 7.79. The molecule has 3 heteroatoms. The number of phenols is 1. The van der Waals surface area contributed by atoms with E-state index in [-0.39, 0.29) is 6.10 Å². The highest BCUT2D eigenvalue weighted by atomic mass is 16.5. The molecule has 0 bridgehead atoms. The Bertz CT molecular complexity index is 321. The van der Waals surface area contributed by atoms with Gasteiger partial charge in [0.15, 0.2) is 0 Å². The molecule has 1 N–H and O–H groups in total. The summed E-state index contributed by atoms with van der Waals surface area (Å²) in [5, 5.41) is 9.24. The fraction of sp³-hybridized carbons (Fsp3) is 0.538. The summed E-state index contributed by atoms with van der Waals surface area (Å²) in [6, 6.07) is 7.32. The van der Waals surface area contributed by atoms with Gasteiger partial charge in [0, 0.05) is 13.1 Å². The molecule has 16 heavy (non-hydrogen) atoms. The number of phenolic OH excluding ortho intramolecular Hbond substituents is 1. The first kappa shape index (κ1) is 11.4. The molecule has 0 amide bonds. The molecule has 2 rings (SSSR count). The summed E-state index contributed by atoms with van der Waals surface area (Å²) < 4.78 is 5.76. The van der Waals surface area contributed by atoms with Gasteiger partial charge in [0.2, 0.25) is 0 Å². The summed E-state index contributed by atoms with van der Waals surface area (Å²) in [5.41, 5.74) is 1.15. The van der Waals surface area contributed by atoms with Crippen LogP contribution in [0.15, 0.2) is 24.3 Å². The average Bonchev–Trinajstić information content (AvgIpc) is 2.31. The van der Waals surface area contributed by atoms with Crippen molar-refractivity contribution >= 4 is 0 Å². The fourth-order valence-corrected chi connectivity index (χ4v) is 2.11. The van der Waals surface area contributed by atoms with Gasteiger partial charge < -0.3 is 9.84 Å². The normalized spacial score (nSPS) is 22.2. The van der Waals surface area contributed by atoms with Crippen LogP contribution in [-0.2, 0) is 4.74 Å². The molecule has 0 unspecified atom stereocenters. The van der Waals surface area contributed by atoms with Gasteiger partial charge in [-0.1, -0.05) is 19.1 Å². The first-order valence-corrected chi connectivity index (χ1v) is 5.92. The highest BCUT2D eigenvalue weighted by Gasteiger charge is 2.20. The number of aromatic hydroxyl groups is 1. The Hall–Kier alpha value is -1.06. The molecule has 1 aliphatic rings. The van der Waals surface area contributed by atoms with Crippen LogP contribution in [0.3, 0.4) is 0 Å². The number of ether oxygens (including phenoxy) is 1. The Kier molecular flexibility index (Phi) is 3.80. The Morgan fingerprint density at radius 1 is 1.38 bits per heavy atom. The van der Waals surface area contributed by atoms with Crippen molar-refractivity contribution in [3.63, 3.8) is 0 Å². The van der Waals surface area contributed by atoms with Gasteiger partial charge in [-0.15, -0.1) is 0 Å². The van der Waals surface area contributed by atoms with E-state index < -0.39 is 0 Å². The molecule has 0 spiro atoms. The van der Waals surface area contributed by atoms with Crippen molar-refractivity contribution in [1.82, 2.24) is 4.90 Å². The van der Waals surface area contributed by atoms with E-state index in [0.29, 0.717) is 5.75 Å². The summed E-state index contributed by atoms with van der Waals surface area (Å²) in [6.45, 7) is 6.12. The summed E-state index contributed by atoms with van der Waals surface area (Å²) >= 11 is 0. The number of benzene rings is 1. The van der Waals surface area contributed by atoms with Crippen LogP contribution in [0.25, 0.3) is 0 Å². The van der Waals surface area contributed by atoms with Crippen molar-refractivity contribution < 1.29 is 9.84 Å². The van der Waals surface area contributed by atoms with E-state index in [0.717, 1.165) is 31.8 Å². The lowest BCUT2D eigenvalue weighted by Gasteiger charge is -2.32. The third-order valence-electron chi connectivity index (χ3n) is 2.96. The monoisotopic (exact) mass is 221 g/mol. The fourth-order valence-electron chi connectivity index (χ4n) is 2.11. The second-order valence-electron chi connectivity index (χ2n) is 4.25. The Labute approximate surface area is 96.6 Å². The third kappa shape index (κ3) is 2.74. The number of hydrogen-bond acceptors (Lipinski definition) is 3. The van der Waals surface area contributed by atoms with Crippen molar-refractivity contribution in [3.05, 3.63) is 29.8 Å². The number of nitrogens with zero attached hydrogens (tertiary/aromatic N) is 1.